The molecule has 0 aliphatic heterocycles. The zero-order valence-corrected chi connectivity index (χ0v) is 43.7. The van der Waals surface area contributed by atoms with E-state index in [0.29, 0.717) is 19.3 Å². The minimum Gasteiger partial charge on any atom is -0.462 e. The van der Waals surface area contributed by atoms with Crippen LogP contribution in [0.15, 0.2) is 60.8 Å². The van der Waals surface area contributed by atoms with Gasteiger partial charge in [-0.3, -0.25) is 14.4 Å². The van der Waals surface area contributed by atoms with E-state index in [1.54, 1.807) is 0 Å². The summed E-state index contributed by atoms with van der Waals surface area (Å²) in [5.41, 5.74) is 0. The van der Waals surface area contributed by atoms with Crippen molar-refractivity contribution in [2.75, 3.05) is 13.2 Å². The molecule has 0 N–H and O–H groups in total. The van der Waals surface area contributed by atoms with Gasteiger partial charge in [0.2, 0.25) is 0 Å². The monoisotopic (exact) mass is 923 g/mol. The molecule has 6 nitrogen and oxygen atoms in total. The van der Waals surface area contributed by atoms with Gasteiger partial charge in [-0.05, 0) is 83.5 Å². The van der Waals surface area contributed by atoms with Crippen molar-refractivity contribution in [2.24, 2.45) is 0 Å². The summed E-state index contributed by atoms with van der Waals surface area (Å²) in [6.45, 7) is 6.52. The lowest BCUT2D eigenvalue weighted by molar-refractivity contribution is -0.167. The van der Waals surface area contributed by atoms with Crippen molar-refractivity contribution in [3.05, 3.63) is 60.8 Å². The highest BCUT2D eigenvalue weighted by atomic mass is 16.6. The Morgan fingerprint density at radius 3 is 0.955 bits per heavy atom. The predicted octanol–water partition coefficient (Wildman–Crippen LogP) is 18.8. The van der Waals surface area contributed by atoms with E-state index in [9.17, 15) is 14.4 Å². The highest BCUT2D eigenvalue weighted by Gasteiger charge is 2.19. The first-order valence-electron chi connectivity index (χ1n) is 28.3. The van der Waals surface area contributed by atoms with E-state index in [-0.39, 0.29) is 31.1 Å². The molecule has 0 radical (unpaired) electrons. The van der Waals surface area contributed by atoms with Crippen LogP contribution in [0.1, 0.15) is 284 Å². The van der Waals surface area contributed by atoms with Gasteiger partial charge in [-0.25, -0.2) is 0 Å². The highest BCUT2D eigenvalue weighted by Crippen LogP contribution is 2.16. The Balaban J connectivity index is 4.28. The molecule has 0 aromatic heterocycles. The van der Waals surface area contributed by atoms with Gasteiger partial charge in [0, 0.05) is 19.3 Å². The van der Waals surface area contributed by atoms with E-state index in [4.69, 9.17) is 14.2 Å². The molecule has 382 valence electrons. The fourth-order valence-corrected chi connectivity index (χ4v) is 8.02. The summed E-state index contributed by atoms with van der Waals surface area (Å²) in [5.74, 6) is -0.880. The van der Waals surface area contributed by atoms with E-state index >= 15 is 0 Å². The molecule has 66 heavy (non-hydrogen) atoms. The molecule has 0 saturated carbocycles. The Bertz CT molecular complexity index is 1200. The van der Waals surface area contributed by atoms with Crippen LogP contribution in [-0.4, -0.2) is 37.2 Å². The first kappa shape index (κ1) is 63.1. The molecule has 0 aromatic rings. The van der Waals surface area contributed by atoms with Crippen LogP contribution in [0.5, 0.6) is 0 Å². The Labute approximate surface area is 409 Å². The fourth-order valence-electron chi connectivity index (χ4n) is 8.02. The molecule has 0 aromatic carbocycles. The van der Waals surface area contributed by atoms with E-state index in [1.807, 2.05) is 0 Å². The summed E-state index contributed by atoms with van der Waals surface area (Å²) in [7, 11) is 0. The van der Waals surface area contributed by atoms with Crippen molar-refractivity contribution in [2.45, 2.75) is 290 Å². The van der Waals surface area contributed by atoms with Crippen LogP contribution < -0.4 is 0 Å². The Kier molecular flexibility index (Phi) is 52.3. The standard InChI is InChI=1S/C60H106O6/c1-4-7-10-13-16-19-22-25-26-27-28-29-30-31-32-33-34-36-38-41-44-47-50-53-59(62)65-56-57(55-64-58(61)52-49-46-43-40-37-24-21-18-15-12-9-6-3)66-60(63)54-51-48-45-42-39-35-23-20-17-14-11-8-5-2/h7,10,16,19-20,23,25-26,28-29,57H,4-6,8-9,11-15,17-18,21-22,24,27,30-56H2,1-3H3/b10-7-,19-16-,23-20-,26-25-,29-28-. The lowest BCUT2D eigenvalue weighted by atomic mass is 10.0. The lowest BCUT2D eigenvalue weighted by Gasteiger charge is -2.18. The number of ether oxygens (including phenoxy) is 3. The maximum atomic E-state index is 12.8. The topological polar surface area (TPSA) is 78.9 Å². The molecule has 0 fully saturated rings. The molecule has 0 spiro atoms. The predicted molar refractivity (Wildman–Crippen MR) is 284 cm³/mol. The summed E-state index contributed by atoms with van der Waals surface area (Å²) in [6, 6.07) is 0. The second-order valence-corrected chi connectivity index (χ2v) is 18.8. The van der Waals surface area contributed by atoms with Gasteiger partial charge in [-0.1, -0.05) is 242 Å². The summed E-state index contributed by atoms with van der Waals surface area (Å²) in [4.78, 5) is 38.1. The average molecular weight is 924 g/mol. The normalized spacial score (nSPS) is 12.5. The fraction of sp³-hybridized carbons (Fsp3) is 0.783. The molecule has 0 bridgehead atoms. The van der Waals surface area contributed by atoms with Crippen LogP contribution in [0.3, 0.4) is 0 Å². The first-order valence-corrected chi connectivity index (χ1v) is 28.3. The Morgan fingerprint density at radius 2 is 0.591 bits per heavy atom. The van der Waals surface area contributed by atoms with Crippen LogP contribution in [0, 0.1) is 0 Å². The van der Waals surface area contributed by atoms with Gasteiger partial charge in [-0.15, -0.1) is 0 Å². The van der Waals surface area contributed by atoms with Crippen molar-refractivity contribution in [3.63, 3.8) is 0 Å². The number of carbonyl (C=O) groups is 3. The van der Waals surface area contributed by atoms with Crippen molar-refractivity contribution >= 4 is 17.9 Å². The van der Waals surface area contributed by atoms with Gasteiger partial charge in [0.05, 0.1) is 0 Å². The van der Waals surface area contributed by atoms with Gasteiger partial charge in [0.1, 0.15) is 13.2 Å². The lowest BCUT2D eigenvalue weighted by Crippen LogP contribution is -2.30. The molecular weight excluding hydrogens is 817 g/mol. The van der Waals surface area contributed by atoms with Gasteiger partial charge in [-0.2, -0.15) is 0 Å². The van der Waals surface area contributed by atoms with Crippen LogP contribution in [0.25, 0.3) is 0 Å². The smallest absolute Gasteiger partial charge is 0.306 e. The van der Waals surface area contributed by atoms with Crippen LogP contribution in [0.4, 0.5) is 0 Å². The second-order valence-electron chi connectivity index (χ2n) is 18.8. The SMILES string of the molecule is CC/C=C\C/C=C\C/C=C\C/C=C\CCCCCCCCCCCCC(=O)OCC(COC(=O)CCCCCCCCCCCCCC)OC(=O)CCCCCCC/C=C\CCCCCC. The van der Waals surface area contributed by atoms with Crippen LogP contribution in [-0.2, 0) is 28.6 Å². The zero-order valence-electron chi connectivity index (χ0n) is 43.7. The number of carbonyl (C=O) groups excluding carboxylic acids is 3. The maximum Gasteiger partial charge on any atom is 0.306 e. The van der Waals surface area contributed by atoms with Gasteiger partial charge < -0.3 is 14.2 Å². The van der Waals surface area contributed by atoms with Gasteiger partial charge in [0.25, 0.3) is 0 Å². The van der Waals surface area contributed by atoms with E-state index < -0.39 is 6.10 Å². The van der Waals surface area contributed by atoms with E-state index in [2.05, 4.69) is 81.5 Å². The zero-order chi connectivity index (χ0) is 47.9. The first-order chi connectivity index (χ1) is 32.5. The highest BCUT2D eigenvalue weighted by molar-refractivity contribution is 5.71. The van der Waals surface area contributed by atoms with Crippen molar-refractivity contribution in [1.82, 2.24) is 0 Å². The third-order valence-corrected chi connectivity index (χ3v) is 12.3. The van der Waals surface area contributed by atoms with Crippen molar-refractivity contribution in [1.29, 1.82) is 0 Å². The molecule has 1 unspecified atom stereocenters. The minimum absolute atomic E-state index is 0.0759. The molecule has 1 atom stereocenters. The Hall–Kier alpha value is -2.89. The number of unbranched alkanes of at least 4 members (excludes halogenated alkanes) is 30. The molecule has 0 aliphatic carbocycles. The molecule has 0 saturated heterocycles. The van der Waals surface area contributed by atoms with E-state index in [1.165, 1.54) is 148 Å². The van der Waals surface area contributed by atoms with Crippen LogP contribution in [0.2, 0.25) is 0 Å². The molecule has 0 heterocycles. The van der Waals surface area contributed by atoms with Crippen molar-refractivity contribution in [3.8, 4) is 0 Å². The second kappa shape index (κ2) is 54.7. The average Bonchev–Trinajstić information content (AvgIpc) is 3.31. The maximum absolute atomic E-state index is 12.8. The summed E-state index contributed by atoms with van der Waals surface area (Å²) in [6.07, 6.45) is 67.8. The van der Waals surface area contributed by atoms with Gasteiger partial charge in [0.15, 0.2) is 6.10 Å². The molecule has 6 heteroatoms. The van der Waals surface area contributed by atoms with Crippen molar-refractivity contribution < 1.29 is 28.6 Å². The molecule has 0 amide bonds. The molecule has 0 aliphatic rings. The largest absolute Gasteiger partial charge is 0.462 e. The third-order valence-electron chi connectivity index (χ3n) is 12.3. The summed E-state index contributed by atoms with van der Waals surface area (Å²) >= 11 is 0. The number of hydrogen-bond acceptors (Lipinski definition) is 6. The quantitative estimate of drug-likeness (QED) is 0.0262. The van der Waals surface area contributed by atoms with Crippen LogP contribution >= 0.6 is 0 Å². The molecular formula is C60H106O6. The number of allylic oxidation sites excluding steroid dienone is 10. The summed E-state index contributed by atoms with van der Waals surface area (Å²) < 4.78 is 16.8. The number of esters is 3. The minimum atomic E-state index is -0.777. The van der Waals surface area contributed by atoms with Gasteiger partial charge >= 0.3 is 17.9 Å². The Morgan fingerprint density at radius 1 is 0.318 bits per heavy atom. The number of hydrogen-bond donors (Lipinski definition) is 0. The summed E-state index contributed by atoms with van der Waals surface area (Å²) in [5, 5.41) is 0. The number of rotatable bonds is 51. The van der Waals surface area contributed by atoms with E-state index in [0.717, 1.165) is 96.3 Å². The molecule has 0 rings (SSSR count). The third kappa shape index (κ3) is 52.1.